The van der Waals surface area contributed by atoms with Crippen molar-refractivity contribution in [2.24, 2.45) is 5.73 Å². The minimum atomic E-state index is -0.376. The fourth-order valence-corrected chi connectivity index (χ4v) is 3.72. The minimum absolute atomic E-state index is 0.376. The van der Waals surface area contributed by atoms with Gasteiger partial charge in [0.25, 0.3) is 5.91 Å². The second-order valence-electron chi connectivity index (χ2n) is 7.56. The van der Waals surface area contributed by atoms with Gasteiger partial charge >= 0.3 is 0 Å². The SMILES string of the molecule is CCCCCc1ccc(-c2cc(C(N)=O)c(C)n2Cc2ccccc2C)cc1. The third-order valence-corrected chi connectivity index (χ3v) is 5.54. The summed E-state index contributed by atoms with van der Waals surface area (Å²) >= 11 is 0. The maximum absolute atomic E-state index is 11.9. The highest BCUT2D eigenvalue weighted by molar-refractivity contribution is 5.95. The third kappa shape index (κ3) is 4.36. The molecule has 0 fully saturated rings. The smallest absolute Gasteiger partial charge is 0.250 e. The quantitative estimate of drug-likeness (QED) is 0.509. The molecular formula is C25H30N2O. The Bertz CT molecular complexity index is 951. The number of carbonyl (C=O) groups is 1. The number of aryl methyl sites for hydroxylation is 2. The number of hydrogen-bond donors (Lipinski definition) is 1. The van der Waals surface area contributed by atoms with Crippen LogP contribution in [-0.2, 0) is 13.0 Å². The normalized spacial score (nSPS) is 11.0. The van der Waals surface area contributed by atoms with Gasteiger partial charge < -0.3 is 10.3 Å². The zero-order chi connectivity index (χ0) is 20.1. The van der Waals surface area contributed by atoms with E-state index in [1.807, 2.05) is 19.1 Å². The monoisotopic (exact) mass is 374 g/mol. The molecule has 1 heterocycles. The van der Waals surface area contributed by atoms with E-state index < -0.39 is 0 Å². The van der Waals surface area contributed by atoms with Crippen molar-refractivity contribution in [3.05, 3.63) is 82.5 Å². The van der Waals surface area contributed by atoms with Crippen molar-refractivity contribution in [1.82, 2.24) is 4.57 Å². The van der Waals surface area contributed by atoms with E-state index in [0.29, 0.717) is 5.56 Å². The van der Waals surface area contributed by atoms with Crippen LogP contribution in [0.3, 0.4) is 0 Å². The highest BCUT2D eigenvalue weighted by Gasteiger charge is 2.17. The van der Waals surface area contributed by atoms with Gasteiger partial charge in [0.1, 0.15) is 0 Å². The Labute approximate surface area is 168 Å². The van der Waals surface area contributed by atoms with Crippen molar-refractivity contribution in [3.8, 4) is 11.3 Å². The van der Waals surface area contributed by atoms with E-state index in [2.05, 4.69) is 60.9 Å². The molecule has 0 bridgehead atoms. The van der Waals surface area contributed by atoms with Gasteiger partial charge in [-0.2, -0.15) is 0 Å². The van der Waals surface area contributed by atoms with Crippen LogP contribution in [0.1, 0.15) is 58.9 Å². The fraction of sp³-hybridized carbons (Fsp3) is 0.320. The summed E-state index contributed by atoms with van der Waals surface area (Å²) in [4.78, 5) is 11.9. The number of nitrogens with zero attached hydrogens (tertiary/aromatic N) is 1. The summed E-state index contributed by atoms with van der Waals surface area (Å²) in [5, 5.41) is 0. The molecule has 2 aromatic carbocycles. The van der Waals surface area contributed by atoms with Crippen LogP contribution in [0.4, 0.5) is 0 Å². The van der Waals surface area contributed by atoms with Crippen LogP contribution in [-0.4, -0.2) is 10.5 Å². The Morgan fingerprint density at radius 2 is 1.71 bits per heavy atom. The number of aromatic nitrogens is 1. The average Bonchev–Trinajstić information content (AvgIpc) is 3.01. The number of benzene rings is 2. The van der Waals surface area contributed by atoms with Crippen molar-refractivity contribution < 1.29 is 4.79 Å². The molecule has 0 aliphatic rings. The highest BCUT2D eigenvalue weighted by atomic mass is 16.1. The van der Waals surface area contributed by atoms with Gasteiger partial charge in [-0.15, -0.1) is 0 Å². The third-order valence-electron chi connectivity index (χ3n) is 5.54. The van der Waals surface area contributed by atoms with E-state index in [1.165, 1.54) is 36.0 Å². The molecule has 0 unspecified atom stereocenters. The summed E-state index contributed by atoms with van der Waals surface area (Å²) in [6.07, 6.45) is 4.84. The zero-order valence-corrected chi connectivity index (χ0v) is 17.2. The lowest BCUT2D eigenvalue weighted by molar-refractivity contribution is 0.0999. The van der Waals surface area contributed by atoms with Gasteiger partial charge in [0.2, 0.25) is 0 Å². The number of primary amides is 1. The summed E-state index contributed by atoms with van der Waals surface area (Å²) in [7, 11) is 0. The van der Waals surface area contributed by atoms with Gasteiger partial charge in [0, 0.05) is 17.9 Å². The number of rotatable bonds is 8. The van der Waals surface area contributed by atoms with Crippen molar-refractivity contribution >= 4 is 5.91 Å². The Kier molecular flexibility index (Phi) is 6.35. The standard InChI is InChI=1S/C25H30N2O/c1-4-5-6-10-20-12-14-21(15-13-20)24-16-23(25(26)28)19(3)27(24)17-22-11-8-7-9-18(22)2/h7-9,11-16H,4-6,10,17H2,1-3H3,(H2,26,28). The van der Waals surface area contributed by atoms with Crippen molar-refractivity contribution in [2.45, 2.75) is 53.0 Å². The van der Waals surface area contributed by atoms with Crippen LogP contribution in [0.15, 0.2) is 54.6 Å². The van der Waals surface area contributed by atoms with Crippen molar-refractivity contribution in [3.63, 3.8) is 0 Å². The second-order valence-corrected chi connectivity index (χ2v) is 7.56. The van der Waals surface area contributed by atoms with Crippen molar-refractivity contribution in [2.75, 3.05) is 0 Å². The molecule has 28 heavy (non-hydrogen) atoms. The molecule has 2 N–H and O–H groups in total. The topological polar surface area (TPSA) is 48.0 Å². The summed E-state index contributed by atoms with van der Waals surface area (Å²) in [6, 6.07) is 19.0. The number of hydrogen-bond acceptors (Lipinski definition) is 1. The van der Waals surface area contributed by atoms with E-state index in [9.17, 15) is 4.79 Å². The van der Waals surface area contributed by atoms with Crippen molar-refractivity contribution in [1.29, 1.82) is 0 Å². The van der Waals surface area contributed by atoms with Gasteiger partial charge in [-0.1, -0.05) is 68.3 Å². The first-order valence-electron chi connectivity index (χ1n) is 10.1. The summed E-state index contributed by atoms with van der Waals surface area (Å²) in [5.74, 6) is -0.376. The molecule has 0 atom stereocenters. The largest absolute Gasteiger partial charge is 0.366 e. The van der Waals surface area contributed by atoms with E-state index in [0.717, 1.165) is 29.9 Å². The van der Waals surface area contributed by atoms with Crippen LogP contribution >= 0.6 is 0 Å². The molecule has 3 nitrogen and oxygen atoms in total. The minimum Gasteiger partial charge on any atom is -0.366 e. The van der Waals surface area contributed by atoms with Gasteiger partial charge in [-0.05, 0) is 55.0 Å². The molecule has 1 amide bonds. The molecule has 3 aromatic rings. The zero-order valence-electron chi connectivity index (χ0n) is 17.2. The molecule has 0 saturated carbocycles. The number of unbranched alkanes of at least 4 members (excludes halogenated alkanes) is 2. The predicted octanol–water partition coefficient (Wildman–Crippen LogP) is 5.65. The first-order chi connectivity index (χ1) is 13.5. The molecule has 0 saturated heterocycles. The van der Waals surface area contributed by atoms with Crippen LogP contribution in [0.2, 0.25) is 0 Å². The van der Waals surface area contributed by atoms with Gasteiger partial charge in [-0.3, -0.25) is 4.79 Å². The van der Waals surface area contributed by atoms with Gasteiger partial charge in [0.15, 0.2) is 0 Å². The summed E-state index contributed by atoms with van der Waals surface area (Å²) < 4.78 is 2.20. The average molecular weight is 375 g/mol. The fourth-order valence-electron chi connectivity index (χ4n) is 3.72. The molecule has 0 spiro atoms. The molecule has 0 radical (unpaired) electrons. The lowest BCUT2D eigenvalue weighted by Gasteiger charge is -2.14. The predicted molar refractivity (Wildman–Crippen MR) is 117 cm³/mol. The lowest BCUT2D eigenvalue weighted by atomic mass is 10.0. The van der Waals surface area contributed by atoms with E-state index in [-0.39, 0.29) is 5.91 Å². The summed E-state index contributed by atoms with van der Waals surface area (Å²) in [6.45, 7) is 7.04. The van der Waals surface area contributed by atoms with Gasteiger partial charge in [-0.25, -0.2) is 0 Å². The first kappa shape index (κ1) is 19.9. The molecule has 3 heteroatoms. The van der Waals surface area contributed by atoms with Crippen LogP contribution in [0, 0.1) is 13.8 Å². The van der Waals surface area contributed by atoms with Gasteiger partial charge in [0.05, 0.1) is 5.56 Å². The van der Waals surface area contributed by atoms with Crippen LogP contribution < -0.4 is 5.73 Å². The molecule has 146 valence electrons. The number of carbonyl (C=O) groups excluding carboxylic acids is 1. The molecule has 0 aliphatic carbocycles. The second kappa shape index (κ2) is 8.92. The maximum Gasteiger partial charge on any atom is 0.250 e. The van der Waals surface area contributed by atoms with E-state index in [4.69, 9.17) is 5.73 Å². The Morgan fingerprint density at radius 3 is 2.36 bits per heavy atom. The maximum atomic E-state index is 11.9. The Balaban J connectivity index is 1.97. The molecule has 0 aliphatic heterocycles. The lowest BCUT2D eigenvalue weighted by Crippen LogP contribution is -2.13. The number of amides is 1. The Hall–Kier alpha value is -2.81. The highest BCUT2D eigenvalue weighted by Crippen LogP contribution is 2.28. The van der Waals surface area contributed by atoms with E-state index in [1.54, 1.807) is 0 Å². The Morgan fingerprint density at radius 1 is 1.00 bits per heavy atom. The molecular weight excluding hydrogens is 344 g/mol. The van der Waals surface area contributed by atoms with Crippen LogP contribution in [0.5, 0.6) is 0 Å². The molecule has 3 rings (SSSR count). The summed E-state index contributed by atoms with van der Waals surface area (Å²) in [5.41, 5.74) is 13.1. The molecule has 1 aromatic heterocycles. The van der Waals surface area contributed by atoms with Crippen LogP contribution in [0.25, 0.3) is 11.3 Å². The van der Waals surface area contributed by atoms with E-state index >= 15 is 0 Å². The number of nitrogens with two attached hydrogens (primary N) is 1. The first-order valence-corrected chi connectivity index (χ1v) is 10.1.